The first-order valence-corrected chi connectivity index (χ1v) is 7.39. The first-order chi connectivity index (χ1) is 8.69. The number of hydrogen-bond acceptors (Lipinski definition) is 4. The minimum absolute atomic E-state index is 0. The average molecular weight is 331 g/mol. The van der Waals surface area contributed by atoms with E-state index < -0.39 is 0 Å². The van der Waals surface area contributed by atoms with Crippen molar-refractivity contribution in [3.8, 4) is 0 Å². The summed E-state index contributed by atoms with van der Waals surface area (Å²) in [7, 11) is 3.83. The van der Waals surface area contributed by atoms with Gasteiger partial charge in [0, 0.05) is 12.1 Å². The molecule has 0 spiro atoms. The Kier molecular flexibility index (Phi) is 14.9. The highest BCUT2D eigenvalue weighted by Crippen LogP contribution is 2.18. The van der Waals surface area contributed by atoms with Gasteiger partial charge in [-0.2, -0.15) is 0 Å². The Morgan fingerprint density at radius 3 is 1.15 bits per heavy atom. The van der Waals surface area contributed by atoms with Crippen LogP contribution in [0.5, 0.6) is 0 Å². The van der Waals surface area contributed by atoms with E-state index >= 15 is 0 Å². The zero-order chi connectivity index (χ0) is 13.4. The van der Waals surface area contributed by atoms with Crippen LogP contribution in [0, 0.1) is 0 Å². The molecular weight excluding hydrogens is 299 g/mol. The highest BCUT2D eigenvalue weighted by Gasteiger charge is 2.21. The van der Waals surface area contributed by atoms with Crippen LogP contribution in [0.3, 0.4) is 0 Å². The van der Waals surface area contributed by atoms with Crippen LogP contribution in [-0.2, 0) is 0 Å². The lowest BCUT2D eigenvalue weighted by atomic mass is 9.93. The maximum Gasteiger partial charge on any atom is 0.0693 e. The smallest absolute Gasteiger partial charge is 0.0693 e. The molecule has 0 aromatic rings. The molecule has 4 atom stereocenters. The monoisotopic (exact) mass is 330 g/mol. The van der Waals surface area contributed by atoms with Crippen LogP contribution in [0.1, 0.15) is 51.4 Å². The summed E-state index contributed by atoms with van der Waals surface area (Å²) in [4.78, 5) is 0. The quantitative estimate of drug-likeness (QED) is 0.624. The summed E-state index contributed by atoms with van der Waals surface area (Å²) in [5, 5.41) is 24.8. The van der Waals surface area contributed by atoms with Crippen LogP contribution in [0.2, 0.25) is 0 Å². The van der Waals surface area contributed by atoms with Crippen molar-refractivity contribution in [1.82, 2.24) is 10.6 Å². The van der Waals surface area contributed by atoms with E-state index in [1.165, 1.54) is 25.7 Å². The molecule has 0 heterocycles. The van der Waals surface area contributed by atoms with Gasteiger partial charge in [0.1, 0.15) is 0 Å². The van der Waals surface area contributed by atoms with Gasteiger partial charge in [-0.15, -0.1) is 24.8 Å². The molecule has 2 aliphatic carbocycles. The molecule has 0 aromatic heterocycles. The fraction of sp³-hybridized carbons (Fsp3) is 1.00. The largest absolute Gasteiger partial charge is 0.392 e. The fourth-order valence-electron chi connectivity index (χ4n) is 2.90. The van der Waals surface area contributed by atoms with Crippen LogP contribution < -0.4 is 10.6 Å². The molecule has 2 aliphatic rings. The molecule has 2 saturated carbocycles. The Hall–Kier alpha value is 0.420. The van der Waals surface area contributed by atoms with Crippen molar-refractivity contribution in [1.29, 1.82) is 0 Å². The molecule has 4 N–H and O–H groups in total. The summed E-state index contributed by atoms with van der Waals surface area (Å²) in [6, 6.07) is 0.720. The molecule has 0 amide bonds. The molecule has 0 aliphatic heterocycles. The SMILES string of the molecule is CN[C@@H]1CCCC[C@H]1O.CN[C@H]1CCCC[C@@H]1O.Cl.Cl. The molecule has 0 bridgehead atoms. The Balaban J connectivity index is 0. The van der Waals surface area contributed by atoms with Gasteiger partial charge in [-0.1, -0.05) is 25.7 Å². The zero-order valence-corrected chi connectivity index (χ0v) is 14.3. The zero-order valence-electron chi connectivity index (χ0n) is 12.7. The summed E-state index contributed by atoms with van der Waals surface area (Å²) in [6.07, 6.45) is 8.96. The topological polar surface area (TPSA) is 64.5 Å². The third-order valence-corrected chi connectivity index (χ3v) is 4.20. The molecule has 4 nitrogen and oxygen atoms in total. The Morgan fingerprint density at radius 2 is 0.950 bits per heavy atom. The number of aliphatic hydroxyl groups is 2. The number of likely N-dealkylation sites (N-methyl/N-ethyl adjacent to an activating group) is 2. The molecule has 0 saturated heterocycles. The molecule has 0 aromatic carbocycles. The van der Waals surface area contributed by atoms with Gasteiger partial charge < -0.3 is 20.8 Å². The van der Waals surface area contributed by atoms with E-state index in [4.69, 9.17) is 0 Å². The van der Waals surface area contributed by atoms with Gasteiger partial charge in [0.2, 0.25) is 0 Å². The van der Waals surface area contributed by atoms with Gasteiger partial charge in [-0.3, -0.25) is 0 Å². The van der Waals surface area contributed by atoms with Crippen molar-refractivity contribution in [2.24, 2.45) is 0 Å². The summed E-state index contributed by atoms with van der Waals surface area (Å²) in [5.74, 6) is 0. The Labute approximate surface area is 135 Å². The van der Waals surface area contributed by atoms with E-state index in [2.05, 4.69) is 10.6 Å². The Morgan fingerprint density at radius 1 is 0.650 bits per heavy atom. The maximum atomic E-state index is 9.31. The van der Waals surface area contributed by atoms with Crippen molar-refractivity contribution >= 4 is 24.8 Å². The molecule has 2 fully saturated rings. The van der Waals surface area contributed by atoms with Gasteiger partial charge in [0.25, 0.3) is 0 Å². The first kappa shape index (κ1) is 22.7. The minimum atomic E-state index is -0.0938. The highest BCUT2D eigenvalue weighted by atomic mass is 35.5. The normalized spacial score (nSPS) is 33.0. The predicted octanol–water partition coefficient (Wildman–Crippen LogP) is 1.86. The predicted molar refractivity (Wildman–Crippen MR) is 89.1 cm³/mol. The van der Waals surface area contributed by atoms with Crippen molar-refractivity contribution in [2.45, 2.75) is 75.7 Å². The average Bonchev–Trinajstić information content (AvgIpc) is 2.41. The second kappa shape index (κ2) is 13.1. The summed E-state index contributed by atoms with van der Waals surface area (Å²) in [6.45, 7) is 0. The third-order valence-electron chi connectivity index (χ3n) is 4.20. The molecule has 2 rings (SSSR count). The van der Waals surface area contributed by atoms with Crippen LogP contribution in [-0.4, -0.2) is 48.6 Å². The highest BCUT2D eigenvalue weighted by molar-refractivity contribution is 5.85. The van der Waals surface area contributed by atoms with Gasteiger partial charge in [-0.25, -0.2) is 0 Å². The van der Waals surface area contributed by atoms with Gasteiger partial charge >= 0.3 is 0 Å². The standard InChI is InChI=1S/2C7H15NO.2ClH/c2*1-8-6-4-2-3-5-7(6)9;;/h2*6-9H,2-5H2,1H3;2*1H/t2*6-,7-;;/m10../s1. The summed E-state index contributed by atoms with van der Waals surface area (Å²) < 4.78 is 0. The second-order valence-electron chi connectivity index (χ2n) is 5.49. The lowest BCUT2D eigenvalue weighted by molar-refractivity contribution is 0.0946. The third kappa shape index (κ3) is 8.01. The van der Waals surface area contributed by atoms with E-state index in [-0.39, 0.29) is 37.0 Å². The van der Waals surface area contributed by atoms with E-state index in [0.717, 1.165) is 25.7 Å². The molecule has 0 unspecified atom stereocenters. The fourth-order valence-corrected chi connectivity index (χ4v) is 2.90. The van der Waals surface area contributed by atoms with Crippen LogP contribution in [0.15, 0.2) is 0 Å². The maximum absolute atomic E-state index is 9.31. The lowest BCUT2D eigenvalue weighted by Gasteiger charge is -2.26. The van der Waals surface area contributed by atoms with Crippen molar-refractivity contribution in [3.63, 3.8) is 0 Å². The molecule has 124 valence electrons. The molecule has 20 heavy (non-hydrogen) atoms. The first-order valence-electron chi connectivity index (χ1n) is 7.39. The second-order valence-corrected chi connectivity index (χ2v) is 5.49. The van der Waals surface area contributed by atoms with E-state index in [1.807, 2.05) is 14.1 Å². The summed E-state index contributed by atoms with van der Waals surface area (Å²) in [5.41, 5.74) is 0. The summed E-state index contributed by atoms with van der Waals surface area (Å²) >= 11 is 0. The van der Waals surface area contributed by atoms with E-state index in [1.54, 1.807) is 0 Å². The van der Waals surface area contributed by atoms with Crippen molar-refractivity contribution < 1.29 is 10.2 Å². The molecular formula is C14H32Cl2N2O2. The number of rotatable bonds is 2. The van der Waals surface area contributed by atoms with Crippen LogP contribution in [0.25, 0.3) is 0 Å². The van der Waals surface area contributed by atoms with Gasteiger partial charge in [0.15, 0.2) is 0 Å². The van der Waals surface area contributed by atoms with Gasteiger partial charge in [0.05, 0.1) is 12.2 Å². The van der Waals surface area contributed by atoms with Gasteiger partial charge in [-0.05, 0) is 39.8 Å². The van der Waals surface area contributed by atoms with Crippen LogP contribution >= 0.6 is 24.8 Å². The van der Waals surface area contributed by atoms with Crippen molar-refractivity contribution in [3.05, 3.63) is 0 Å². The number of nitrogens with one attached hydrogen (secondary N) is 2. The Bertz CT molecular complexity index is 201. The van der Waals surface area contributed by atoms with E-state index in [0.29, 0.717) is 12.1 Å². The number of hydrogen-bond donors (Lipinski definition) is 4. The lowest BCUT2D eigenvalue weighted by Crippen LogP contribution is -2.39. The molecule has 0 radical (unpaired) electrons. The van der Waals surface area contributed by atoms with Crippen LogP contribution in [0.4, 0.5) is 0 Å². The number of halogens is 2. The minimum Gasteiger partial charge on any atom is -0.392 e. The van der Waals surface area contributed by atoms with Crippen molar-refractivity contribution in [2.75, 3.05) is 14.1 Å². The molecule has 6 heteroatoms. The number of aliphatic hydroxyl groups excluding tert-OH is 2. The van der Waals surface area contributed by atoms with E-state index in [9.17, 15) is 10.2 Å².